The van der Waals surface area contributed by atoms with E-state index in [0.29, 0.717) is 32.3 Å². The van der Waals surface area contributed by atoms with Crippen molar-refractivity contribution >= 4 is 11.6 Å². The zero-order valence-corrected chi connectivity index (χ0v) is 12.3. The first-order chi connectivity index (χ1) is 10.3. The summed E-state index contributed by atoms with van der Waals surface area (Å²) in [6.07, 6.45) is 1.97. The van der Waals surface area contributed by atoms with Gasteiger partial charge in [0.1, 0.15) is 0 Å². The van der Waals surface area contributed by atoms with Gasteiger partial charge in [-0.3, -0.25) is 4.79 Å². The molecule has 5 heteroatoms. The van der Waals surface area contributed by atoms with Crippen molar-refractivity contribution in [2.24, 2.45) is 5.73 Å². The Kier molecular flexibility index (Phi) is 4.41. The van der Waals surface area contributed by atoms with Crippen molar-refractivity contribution < 1.29 is 9.53 Å². The van der Waals surface area contributed by atoms with Crippen molar-refractivity contribution in [1.82, 2.24) is 4.90 Å². The lowest BCUT2D eigenvalue weighted by molar-refractivity contribution is 0.0303. The van der Waals surface area contributed by atoms with Gasteiger partial charge >= 0.3 is 0 Å². The van der Waals surface area contributed by atoms with E-state index in [4.69, 9.17) is 10.5 Å². The van der Waals surface area contributed by atoms with Gasteiger partial charge < -0.3 is 20.3 Å². The Morgan fingerprint density at radius 2 is 1.76 bits per heavy atom. The first kappa shape index (κ1) is 14.4. The van der Waals surface area contributed by atoms with Gasteiger partial charge in [-0.15, -0.1) is 0 Å². The van der Waals surface area contributed by atoms with E-state index in [1.807, 2.05) is 29.2 Å². The van der Waals surface area contributed by atoms with Gasteiger partial charge in [0.15, 0.2) is 0 Å². The van der Waals surface area contributed by atoms with E-state index in [0.717, 1.165) is 37.2 Å². The molecule has 1 amide bonds. The number of amides is 1. The molecule has 114 valence electrons. The van der Waals surface area contributed by atoms with Crippen LogP contribution in [0, 0.1) is 0 Å². The summed E-state index contributed by atoms with van der Waals surface area (Å²) in [5.41, 5.74) is 7.82. The fraction of sp³-hybridized carbons (Fsp3) is 0.562. The maximum atomic E-state index is 12.7. The second-order valence-electron chi connectivity index (χ2n) is 5.75. The highest BCUT2D eigenvalue weighted by atomic mass is 16.5. The molecule has 0 saturated carbocycles. The topological polar surface area (TPSA) is 58.8 Å². The maximum absolute atomic E-state index is 12.7. The first-order valence-electron chi connectivity index (χ1n) is 7.72. The molecule has 0 bridgehead atoms. The van der Waals surface area contributed by atoms with Crippen molar-refractivity contribution in [1.29, 1.82) is 0 Å². The molecule has 0 atom stereocenters. The van der Waals surface area contributed by atoms with Crippen LogP contribution in [0.25, 0.3) is 0 Å². The normalized spacial score (nSPS) is 20.6. The molecule has 2 fully saturated rings. The van der Waals surface area contributed by atoms with Crippen LogP contribution in [0.15, 0.2) is 24.3 Å². The quantitative estimate of drug-likeness (QED) is 0.885. The van der Waals surface area contributed by atoms with Crippen LogP contribution in [0.3, 0.4) is 0 Å². The maximum Gasteiger partial charge on any atom is 0.256 e. The number of nitrogens with two attached hydrogens (primary N) is 1. The van der Waals surface area contributed by atoms with Crippen LogP contribution >= 0.6 is 0 Å². The predicted molar refractivity (Wildman–Crippen MR) is 82.6 cm³/mol. The van der Waals surface area contributed by atoms with Gasteiger partial charge in [0.2, 0.25) is 0 Å². The number of nitrogens with zero attached hydrogens (tertiary/aromatic N) is 2. The molecule has 0 spiro atoms. The predicted octanol–water partition coefficient (Wildman–Crippen LogP) is 1.09. The van der Waals surface area contributed by atoms with E-state index >= 15 is 0 Å². The number of piperidine rings is 1. The highest BCUT2D eigenvalue weighted by Gasteiger charge is 2.24. The minimum atomic E-state index is 0.115. The van der Waals surface area contributed by atoms with E-state index in [1.165, 1.54) is 0 Å². The number of anilines is 1. The number of rotatable bonds is 2. The number of hydrogen-bond donors (Lipinski definition) is 1. The van der Waals surface area contributed by atoms with Crippen LogP contribution in [0.1, 0.15) is 23.2 Å². The second kappa shape index (κ2) is 6.45. The van der Waals surface area contributed by atoms with Crippen LogP contribution in [-0.4, -0.2) is 56.2 Å². The van der Waals surface area contributed by atoms with E-state index < -0.39 is 0 Å². The van der Waals surface area contributed by atoms with Gasteiger partial charge in [-0.1, -0.05) is 12.1 Å². The van der Waals surface area contributed by atoms with Gasteiger partial charge in [-0.05, 0) is 25.0 Å². The smallest absolute Gasteiger partial charge is 0.256 e. The number of para-hydroxylation sites is 1. The number of morpholine rings is 1. The molecular weight excluding hydrogens is 266 g/mol. The van der Waals surface area contributed by atoms with E-state index in [-0.39, 0.29) is 5.91 Å². The lowest BCUT2D eigenvalue weighted by Crippen LogP contribution is -2.43. The molecule has 5 nitrogen and oxygen atoms in total. The summed E-state index contributed by atoms with van der Waals surface area (Å²) in [5, 5.41) is 0. The molecular formula is C16H23N3O2. The van der Waals surface area contributed by atoms with Crippen LogP contribution < -0.4 is 10.6 Å². The third-order valence-electron chi connectivity index (χ3n) is 4.31. The van der Waals surface area contributed by atoms with Crippen molar-refractivity contribution in [3.05, 3.63) is 29.8 Å². The molecule has 2 heterocycles. The summed E-state index contributed by atoms with van der Waals surface area (Å²) in [4.78, 5) is 16.9. The van der Waals surface area contributed by atoms with Gasteiger partial charge in [0.05, 0.1) is 18.8 Å². The molecule has 3 rings (SSSR count). The zero-order chi connectivity index (χ0) is 14.7. The molecule has 0 radical (unpaired) electrons. The third-order valence-corrected chi connectivity index (χ3v) is 4.31. The van der Waals surface area contributed by atoms with E-state index in [9.17, 15) is 4.79 Å². The fourth-order valence-electron chi connectivity index (χ4n) is 3.01. The van der Waals surface area contributed by atoms with Crippen molar-refractivity contribution in [2.75, 3.05) is 44.3 Å². The van der Waals surface area contributed by atoms with Gasteiger partial charge in [0.25, 0.3) is 5.91 Å². The summed E-state index contributed by atoms with van der Waals surface area (Å²) in [7, 11) is 0. The third kappa shape index (κ3) is 3.19. The van der Waals surface area contributed by atoms with Crippen LogP contribution in [0.5, 0.6) is 0 Å². The van der Waals surface area contributed by atoms with Crippen molar-refractivity contribution in [3.63, 3.8) is 0 Å². The number of benzene rings is 1. The monoisotopic (exact) mass is 289 g/mol. The van der Waals surface area contributed by atoms with Crippen LogP contribution in [-0.2, 0) is 4.74 Å². The Bertz CT molecular complexity index is 492. The Balaban J connectivity index is 1.80. The molecule has 2 aliphatic heterocycles. The Labute approximate surface area is 125 Å². The summed E-state index contributed by atoms with van der Waals surface area (Å²) in [5.74, 6) is 0.115. The molecule has 0 aliphatic carbocycles. The lowest BCUT2D eigenvalue weighted by atomic mass is 10.0. The summed E-state index contributed by atoms with van der Waals surface area (Å²) < 4.78 is 5.33. The summed E-state index contributed by atoms with van der Waals surface area (Å²) in [6, 6.07) is 8.21. The van der Waals surface area contributed by atoms with Gasteiger partial charge in [0, 0.05) is 37.9 Å². The first-order valence-corrected chi connectivity index (χ1v) is 7.72. The van der Waals surface area contributed by atoms with Gasteiger partial charge in [-0.2, -0.15) is 0 Å². The molecule has 21 heavy (non-hydrogen) atoms. The fourth-order valence-corrected chi connectivity index (χ4v) is 3.01. The minimum Gasteiger partial charge on any atom is -0.378 e. The Morgan fingerprint density at radius 1 is 1.10 bits per heavy atom. The molecule has 2 N–H and O–H groups in total. The van der Waals surface area contributed by atoms with Crippen molar-refractivity contribution in [2.45, 2.75) is 18.9 Å². The average molecular weight is 289 g/mol. The zero-order valence-electron chi connectivity index (χ0n) is 12.3. The van der Waals surface area contributed by atoms with E-state index in [2.05, 4.69) is 4.90 Å². The largest absolute Gasteiger partial charge is 0.378 e. The molecule has 2 aliphatic rings. The van der Waals surface area contributed by atoms with Crippen molar-refractivity contribution in [3.8, 4) is 0 Å². The van der Waals surface area contributed by atoms with Gasteiger partial charge in [-0.25, -0.2) is 0 Å². The SMILES string of the molecule is NC1CCN(c2ccccc2C(=O)N2CCOCC2)CC1. The molecule has 2 saturated heterocycles. The summed E-state index contributed by atoms with van der Waals surface area (Å²) >= 11 is 0. The Hall–Kier alpha value is -1.59. The second-order valence-corrected chi connectivity index (χ2v) is 5.75. The number of ether oxygens (including phenoxy) is 1. The van der Waals surface area contributed by atoms with Crippen LogP contribution in [0.4, 0.5) is 5.69 Å². The lowest BCUT2D eigenvalue weighted by Gasteiger charge is -2.34. The minimum absolute atomic E-state index is 0.115. The van der Waals surface area contributed by atoms with Crippen LogP contribution in [0.2, 0.25) is 0 Å². The molecule has 0 unspecified atom stereocenters. The average Bonchev–Trinajstić information content (AvgIpc) is 2.56. The number of hydrogen-bond acceptors (Lipinski definition) is 4. The standard InChI is InChI=1S/C16H23N3O2/c17-13-5-7-18(8-6-13)15-4-2-1-3-14(15)16(20)19-9-11-21-12-10-19/h1-4,13H,5-12,17H2. The van der Waals surface area contributed by atoms with E-state index in [1.54, 1.807) is 0 Å². The highest BCUT2D eigenvalue weighted by molar-refractivity contribution is 5.99. The molecule has 1 aromatic rings. The molecule has 1 aromatic carbocycles. The number of carbonyl (C=O) groups excluding carboxylic acids is 1. The highest BCUT2D eigenvalue weighted by Crippen LogP contribution is 2.25. The number of carbonyl (C=O) groups is 1. The summed E-state index contributed by atoms with van der Waals surface area (Å²) in [6.45, 7) is 4.47. The molecule has 0 aromatic heterocycles. The Morgan fingerprint density at radius 3 is 2.48 bits per heavy atom.